The Kier molecular flexibility index (Phi) is 4.73. The third-order valence-corrected chi connectivity index (χ3v) is 3.40. The van der Waals surface area contributed by atoms with Crippen molar-refractivity contribution >= 4 is 11.3 Å². The number of nitrogens with zero attached hydrogens (tertiary/aromatic N) is 1. The van der Waals surface area contributed by atoms with Crippen LogP contribution in [-0.2, 0) is 13.1 Å². The molecule has 1 heterocycles. The van der Waals surface area contributed by atoms with E-state index in [0.717, 1.165) is 23.8 Å². The molecule has 0 radical (unpaired) electrons. The van der Waals surface area contributed by atoms with Gasteiger partial charge in [-0.25, -0.2) is 4.98 Å². The van der Waals surface area contributed by atoms with Crippen molar-refractivity contribution in [3.8, 4) is 5.75 Å². The maximum Gasteiger partial charge on any atom is 0.119 e. The minimum Gasteiger partial charge on any atom is -0.494 e. The Bertz CT molecular complexity index is 496. The maximum absolute atomic E-state index is 5.48. The summed E-state index contributed by atoms with van der Waals surface area (Å²) in [6, 6.07) is 8.18. The van der Waals surface area contributed by atoms with E-state index >= 15 is 0 Å². The predicted molar refractivity (Wildman–Crippen MR) is 75.0 cm³/mol. The van der Waals surface area contributed by atoms with Gasteiger partial charge in [0.2, 0.25) is 0 Å². The van der Waals surface area contributed by atoms with Crippen LogP contribution < -0.4 is 10.1 Å². The number of aryl methyl sites for hydroxylation is 1. The zero-order chi connectivity index (χ0) is 12.8. The molecule has 0 bridgehead atoms. The van der Waals surface area contributed by atoms with Crippen LogP contribution in [0.2, 0.25) is 0 Å². The molecule has 4 heteroatoms. The molecule has 0 amide bonds. The van der Waals surface area contributed by atoms with E-state index < -0.39 is 0 Å². The molecule has 0 aliphatic rings. The van der Waals surface area contributed by atoms with Crippen molar-refractivity contribution in [2.45, 2.75) is 26.9 Å². The molecule has 18 heavy (non-hydrogen) atoms. The fourth-order valence-electron chi connectivity index (χ4n) is 1.71. The van der Waals surface area contributed by atoms with Gasteiger partial charge in [-0.05, 0) is 31.5 Å². The van der Waals surface area contributed by atoms with Crippen molar-refractivity contribution in [3.05, 3.63) is 45.9 Å². The van der Waals surface area contributed by atoms with Crippen molar-refractivity contribution in [2.24, 2.45) is 0 Å². The first-order valence-electron chi connectivity index (χ1n) is 6.11. The molecule has 96 valence electrons. The van der Waals surface area contributed by atoms with Crippen molar-refractivity contribution in [3.63, 3.8) is 0 Å². The molecule has 0 aliphatic heterocycles. The molecule has 0 unspecified atom stereocenters. The van der Waals surface area contributed by atoms with Crippen LogP contribution in [0.3, 0.4) is 0 Å². The second-order valence-corrected chi connectivity index (χ2v) is 5.37. The first kappa shape index (κ1) is 13.1. The van der Waals surface area contributed by atoms with Gasteiger partial charge in [0.25, 0.3) is 0 Å². The van der Waals surface area contributed by atoms with Crippen LogP contribution in [0.1, 0.15) is 22.4 Å². The van der Waals surface area contributed by atoms with Crippen molar-refractivity contribution in [2.75, 3.05) is 6.61 Å². The van der Waals surface area contributed by atoms with Gasteiger partial charge in [-0.2, -0.15) is 0 Å². The lowest BCUT2D eigenvalue weighted by molar-refractivity contribution is 0.340. The fraction of sp³-hybridized carbons (Fsp3) is 0.357. The number of thiazole rings is 1. The number of aromatic nitrogens is 1. The lowest BCUT2D eigenvalue weighted by Gasteiger charge is -2.06. The average molecular weight is 262 g/mol. The van der Waals surface area contributed by atoms with Gasteiger partial charge in [-0.1, -0.05) is 12.1 Å². The fourth-order valence-corrected chi connectivity index (χ4v) is 2.47. The summed E-state index contributed by atoms with van der Waals surface area (Å²) in [5.41, 5.74) is 1.23. The predicted octanol–water partition coefficient (Wildman–Crippen LogP) is 3.14. The van der Waals surface area contributed by atoms with Crippen molar-refractivity contribution in [1.29, 1.82) is 0 Å². The van der Waals surface area contributed by atoms with Gasteiger partial charge in [0, 0.05) is 24.2 Å². The van der Waals surface area contributed by atoms with Crippen LogP contribution in [0.25, 0.3) is 0 Å². The molecule has 0 spiro atoms. The molecule has 0 aliphatic carbocycles. The standard InChI is InChI=1S/C14H18N2OS/c1-3-17-13-6-4-5-12(7-13)9-15-10-14-16-8-11(2)18-14/h4-8,15H,3,9-10H2,1-2H3. The smallest absolute Gasteiger partial charge is 0.119 e. The molecule has 0 atom stereocenters. The number of nitrogens with one attached hydrogen (secondary N) is 1. The summed E-state index contributed by atoms with van der Waals surface area (Å²) in [6.45, 7) is 6.43. The highest BCUT2D eigenvalue weighted by molar-refractivity contribution is 7.11. The molecule has 3 nitrogen and oxygen atoms in total. The Labute approximate surface area is 112 Å². The molecule has 0 saturated heterocycles. The Balaban J connectivity index is 1.84. The zero-order valence-corrected chi connectivity index (χ0v) is 11.6. The van der Waals surface area contributed by atoms with Crippen LogP contribution >= 0.6 is 11.3 Å². The molecular formula is C14H18N2OS. The molecule has 0 fully saturated rings. The lowest BCUT2D eigenvalue weighted by atomic mass is 10.2. The first-order chi connectivity index (χ1) is 8.78. The number of ether oxygens (including phenoxy) is 1. The van der Waals surface area contributed by atoms with Gasteiger partial charge in [0.15, 0.2) is 0 Å². The summed E-state index contributed by atoms with van der Waals surface area (Å²) in [5, 5.41) is 4.53. The van der Waals surface area contributed by atoms with E-state index in [1.165, 1.54) is 10.4 Å². The summed E-state index contributed by atoms with van der Waals surface area (Å²) >= 11 is 1.74. The van der Waals surface area contributed by atoms with Crippen molar-refractivity contribution < 1.29 is 4.74 Å². The second-order valence-electron chi connectivity index (χ2n) is 4.05. The quantitative estimate of drug-likeness (QED) is 0.868. The number of hydrogen-bond acceptors (Lipinski definition) is 4. The third kappa shape index (κ3) is 3.82. The van der Waals surface area contributed by atoms with E-state index in [4.69, 9.17) is 4.74 Å². The minimum absolute atomic E-state index is 0.704. The van der Waals surface area contributed by atoms with E-state index in [1.54, 1.807) is 11.3 Å². The Morgan fingerprint density at radius 3 is 2.94 bits per heavy atom. The van der Waals surface area contributed by atoms with E-state index in [2.05, 4.69) is 29.4 Å². The summed E-state index contributed by atoms with van der Waals surface area (Å²) in [7, 11) is 0. The molecule has 2 aromatic rings. The Morgan fingerprint density at radius 2 is 2.22 bits per heavy atom. The highest BCUT2D eigenvalue weighted by atomic mass is 32.1. The van der Waals surface area contributed by atoms with E-state index in [9.17, 15) is 0 Å². The first-order valence-corrected chi connectivity index (χ1v) is 6.93. The summed E-state index contributed by atoms with van der Waals surface area (Å²) < 4.78 is 5.48. The maximum atomic E-state index is 5.48. The van der Waals surface area contributed by atoms with Crippen LogP contribution in [-0.4, -0.2) is 11.6 Å². The summed E-state index contributed by atoms with van der Waals surface area (Å²) in [6.07, 6.45) is 1.91. The molecule has 1 N–H and O–H groups in total. The topological polar surface area (TPSA) is 34.1 Å². The molecule has 1 aromatic carbocycles. The molecule has 1 aromatic heterocycles. The van der Waals surface area contributed by atoms with Crippen molar-refractivity contribution in [1.82, 2.24) is 10.3 Å². The third-order valence-electron chi connectivity index (χ3n) is 2.48. The number of benzene rings is 1. The minimum atomic E-state index is 0.704. The van der Waals surface area contributed by atoms with Crippen LogP contribution in [0, 0.1) is 6.92 Å². The second kappa shape index (κ2) is 6.52. The van der Waals surface area contributed by atoms with Gasteiger partial charge in [0.1, 0.15) is 10.8 Å². The van der Waals surface area contributed by atoms with Gasteiger partial charge in [0.05, 0.1) is 6.61 Å². The number of rotatable bonds is 6. The van der Waals surface area contributed by atoms with E-state index in [1.807, 2.05) is 25.3 Å². The Morgan fingerprint density at radius 1 is 1.33 bits per heavy atom. The highest BCUT2D eigenvalue weighted by Gasteiger charge is 1.99. The number of hydrogen-bond donors (Lipinski definition) is 1. The lowest BCUT2D eigenvalue weighted by Crippen LogP contribution is -2.12. The average Bonchev–Trinajstić information content (AvgIpc) is 2.76. The van der Waals surface area contributed by atoms with Gasteiger partial charge in [-0.15, -0.1) is 11.3 Å². The normalized spacial score (nSPS) is 10.6. The van der Waals surface area contributed by atoms with Gasteiger partial charge in [-0.3, -0.25) is 0 Å². The summed E-state index contributed by atoms with van der Waals surface area (Å²) in [5.74, 6) is 0.932. The summed E-state index contributed by atoms with van der Waals surface area (Å²) in [4.78, 5) is 5.58. The largest absolute Gasteiger partial charge is 0.494 e. The van der Waals surface area contributed by atoms with Gasteiger partial charge >= 0.3 is 0 Å². The SMILES string of the molecule is CCOc1cccc(CNCc2ncc(C)s2)c1. The molecule has 2 rings (SSSR count). The highest BCUT2D eigenvalue weighted by Crippen LogP contribution is 2.14. The monoisotopic (exact) mass is 262 g/mol. The van der Waals surface area contributed by atoms with E-state index in [-0.39, 0.29) is 0 Å². The molecular weight excluding hydrogens is 244 g/mol. The van der Waals surface area contributed by atoms with Gasteiger partial charge < -0.3 is 10.1 Å². The Hall–Kier alpha value is -1.39. The van der Waals surface area contributed by atoms with Crippen LogP contribution in [0.4, 0.5) is 0 Å². The van der Waals surface area contributed by atoms with Crippen LogP contribution in [0.15, 0.2) is 30.5 Å². The molecule has 0 saturated carbocycles. The van der Waals surface area contributed by atoms with Crippen LogP contribution in [0.5, 0.6) is 5.75 Å². The van der Waals surface area contributed by atoms with E-state index in [0.29, 0.717) is 6.61 Å². The zero-order valence-electron chi connectivity index (χ0n) is 10.8.